The van der Waals surface area contributed by atoms with Crippen LogP contribution in [-0.4, -0.2) is 19.3 Å². The van der Waals surface area contributed by atoms with Crippen molar-refractivity contribution in [1.82, 2.24) is 0 Å². The maximum Gasteiger partial charge on any atom is 0.119 e. The maximum absolute atomic E-state index is 5.66. The van der Waals surface area contributed by atoms with Crippen LogP contribution < -0.4 is 4.74 Å². The van der Waals surface area contributed by atoms with Gasteiger partial charge in [0.15, 0.2) is 0 Å². The molecule has 2 nitrogen and oxygen atoms in total. The Morgan fingerprint density at radius 3 is 2.21 bits per heavy atom. The third kappa shape index (κ3) is 6.11. The summed E-state index contributed by atoms with van der Waals surface area (Å²) in [4.78, 5) is 0. The molecule has 0 amide bonds. The smallest absolute Gasteiger partial charge is 0.119 e. The van der Waals surface area contributed by atoms with Gasteiger partial charge in [0.25, 0.3) is 0 Å². The Morgan fingerprint density at radius 2 is 1.68 bits per heavy atom. The topological polar surface area (TPSA) is 18.5 Å². The monoisotopic (exact) mass is 264 g/mol. The number of ether oxygens (including phenoxy) is 2. The summed E-state index contributed by atoms with van der Waals surface area (Å²) in [6.45, 7) is 9.83. The van der Waals surface area contributed by atoms with Crippen LogP contribution in [0.2, 0.25) is 0 Å². The molecule has 0 radical (unpaired) electrons. The molecular formula is C17H28O2. The third-order valence-corrected chi connectivity index (χ3v) is 3.28. The summed E-state index contributed by atoms with van der Waals surface area (Å²) in [7, 11) is 0. The van der Waals surface area contributed by atoms with Crippen LogP contribution in [0.5, 0.6) is 5.75 Å². The van der Waals surface area contributed by atoms with E-state index in [1.807, 2.05) is 13.8 Å². The van der Waals surface area contributed by atoms with E-state index in [-0.39, 0.29) is 6.10 Å². The first kappa shape index (κ1) is 16.0. The summed E-state index contributed by atoms with van der Waals surface area (Å²) in [5, 5.41) is 0. The van der Waals surface area contributed by atoms with Crippen molar-refractivity contribution in [1.29, 1.82) is 0 Å². The summed E-state index contributed by atoms with van der Waals surface area (Å²) in [5.41, 5.74) is 1.43. The van der Waals surface area contributed by atoms with Crippen LogP contribution in [0.3, 0.4) is 0 Å². The average molecular weight is 264 g/mol. The van der Waals surface area contributed by atoms with Crippen molar-refractivity contribution >= 4 is 0 Å². The molecule has 1 atom stereocenters. The normalized spacial score (nSPS) is 12.7. The Hall–Kier alpha value is -1.02. The zero-order chi connectivity index (χ0) is 14.1. The van der Waals surface area contributed by atoms with E-state index in [1.54, 1.807) is 0 Å². The summed E-state index contributed by atoms with van der Waals surface area (Å²) >= 11 is 0. The van der Waals surface area contributed by atoms with Crippen molar-refractivity contribution in [2.24, 2.45) is 0 Å². The fourth-order valence-electron chi connectivity index (χ4n) is 2.23. The van der Waals surface area contributed by atoms with Crippen LogP contribution in [0.25, 0.3) is 0 Å². The van der Waals surface area contributed by atoms with Crippen molar-refractivity contribution in [3.05, 3.63) is 29.8 Å². The second-order valence-electron chi connectivity index (χ2n) is 5.23. The number of hydrogen-bond donors (Lipinski definition) is 0. The van der Waals surface area contributed by atoms with E-state index in [2.05, 4.69) is 38.1 Å². The van der Waals surface area contributed by atoms with Crippen LogP contribution in [-0.2, 0) is 4.74 Å². The molecule has 0 saturated heterocycles. The third-order valence-electron chi connectivity index (χ3n) is 3.28. The Bertz CT molecular complexity index is 330. The second kappa shape index (κ2) is 8.98. The molecule has 0 aliphatic rings. The van der Waals surface area contributed by atoms with Gasteiger partial charge in [-0.2, -0.15) is 0 Å². The molecule has 19 heavy (non-hydrogen) atoms. The van der Waals surface area contributed by atoms with Crippen molar-refractivity contribution in [2.75, 3.05) is 13.2 Å². The Balaban J connectivity index is 2.42. The van der Waals surface area contributed by atoms with Gasteiger partial charge in [-0.25, -0.2) is 0 Å². The SMILES string of the molecule is CCCC(CC)c1ccc(OCCOC(C)C)cc1. The van der Waals surface area contributed by atoms with Crippen molar-refractivity contribution in [3.8, 4) is 5.75 Å². The first-order valence-corrected chi connectivity index (χ1v) is 7.51. The fourth-order valence-corrected chi connectivity index (χ4v) is 2.23. The number of benzene rings is 1. The molecule has 0 aromatic heterocycles. The molecule has 0 heterocycles. The maximum atomic E-state index is 5.66. The van der Waals surface area contributed by atoms with Gasteiger partial charge in [0.2, 0.25) is 0 Å². The lowest BCUT2D eigenvalue weighted by Gasteiger charge is -2.15. The molecule has 0 spiro atoms. The van der Waals surface area contributed by atoms with Gasteiger partial charge in [-0.15, -0.1) is 0 Å². The summed E-state index contributed by atoms with van der Waals surface area (Å²) in [6, 6.07) is 8.54. The van der Waals surface area contributed by atoms with Crippen LogP contribution in [0.15, 0.2) is 24.3 Å². The van der Waals surface area contributed by atoms with E-state index in [1.165, 1.54) is 24.8 Å². The highest BCUT2D eigenvalue weighted by Crippen LogP contribution is 2.26. The standard InChI is InChI=1S/C17H28O2/c1-5-7-15(6-2)16-8-10-17(11-9-16)19-13-12-18-14(3)4/h8-11,14-15H,5-7,12-13H2,1-4H3. The van der Waals surface area contributed by atoms with Crippen molar-refractivity contribution in [2.45, 2.75) is 59.0 Å². The first-order chi connectivity index (χ1) is 9.17. The molecule has 0 saturated carbocycles. The van der Waals surface area contributed by atoms with Gasteiger partial charge in [-0.3, -0.25) is 0 Å². The Labute approximate surface area is 118 Å². The Kier molecular flexibility index (Phi) is 7.57. The van der Waals surface area contributed by atoms with Gasteiger partial charge in [0.05, 0.1) is 12.7 Å². The average Bonchev–Trinajstić information content (AvgIpc) is 2.41. The van der Waals surface area contributed by atoms with Gasteiger partial charge in [-0.05, 0) is 50.3 Å². The fraction of sp³-hybridized carbons (Fsp3) is 0.647. The molecule has 1 aromatic rings. The molecular weight excluding hydrogens is 236 g/mol. The van der Waals surface area contributed by atoms with Gasteiger partial charge in [-0.1, -0.05) is 32.4 Å². The molecule has 2 heteroatoms. The van der Waals surface area contributed by atoms with Crippen LogP contribution in [0.4, 0.5) is 0 Å². The zero-order valence-electron chi connectivity index (χ0n) is 12.8. The van der Waals surface area contributed by atoms with E-state index < -0.39 is 0 Å². The quantitative estimate of drug-likeness (QED) is 0.597. The highest BCUT2D eigenvalue weighted by Gasteiger charge is 2.08. The molecule has 1 aromatic carbocycles. The molecule has 108 valence electrons. The van der Waals surface area contributed by atoms with E-state index in [4.69, 9.17) is 9.47 Å². The van der Waals surface area contributed by atoms with Crippen molar-refractivity contribution < 1.29 is 9.47 Å². The van der Waals surface area contributed by atoms with Gasteiger partial charge in [0.1, 0.15) is 12.4 Å². The van der Waals surface area contributed by atoms with Crippen LogP contribution in [0.1, 0.15) is 58.4 Å². The van der Waals surface area contributed by atoms with Crippen LogP contribution in [0, 0.1) is 0 Å². The zero-order valence-corrected chi connectivity index (χ0v) is 12.8. The molecule has 0 N–H and O–H groups in total. The van der Waals surface area contributed by atoms with E-state index in [9.17, 15) is 0 Å². The highest BCUT2D eigenvalue weighted by atomic mass is 16.5. The minimum Gasteiger partial charge on any atom is -0.491 e. The largest absolute Gasteiger partial charge is 0.491 e. The van der Waals surface area contributed by atoms with Crippen molar-refractivity contribution in [3.63, 3.8) is 0 Å². The van der Waals surface area contributed by atoms with Gasteiger partial charge in [0, 0.05) is 0 Å². The second-order valence-corrected chi connectivity index (χ2v) is 5.23. The Morgan fingerprint density at radius 1 is 1.00 bits per heavy atom. The minimum absolute atomic E-state index is 0.269. The van der Waals surface area contributed by atoms with E-state index in [0.717, 1.165) is 5.75 Å². The predicted octanol–water partition coefficient (Wildman–Crippen LogP) is 4.78. The lowest BCUT2D eigenvalue weighted by molar-refractivity contribution is 0.0552. The summed E-state index contributed by atoms with van der Waals surface area (Å²) < 4.78 is 11.1. The van der Waals surface area contributed by atoms with Gasteiger partial charge < -0.3 is 9.47 Å². The van der Waals surface area contributed by atoms with E-state index in [0.29, 0.717) is 19.1 Å². The summed E-state index contributed by atoms with van der Waals surface area (Å²) in [6.07, 6.45) is 3.98. The number of rotatable bonds is 9. The lowest BCUT2D eigenvalue weighted by atomic mass is 9.92. The van der Waals surface area contributed by atoms with Gasteiger partial charge >= 0.3 is 0 Å². The molecule has 0 bridgehead atoms. The lowest BCUT2D eigenvalue weighted by Crippen LogP contribution is -2.11. The number of hydrogen-bond acceptors (Lipinski definition) is 2. The highest BCUT2D eigenvalue weighted by molar-refractivity contribution is 5.29. The first-order valence-electron chi connectivity index (χ1n) is 7.51. The molecule has 1 unspecified atom stereocenters. The molecule has 0 aliphatic heterocycles. The summed E-state index contributed by atoms with van der Waals surface area (Å²) in [5.74, 6) is 1.62. The molecule has 0 aliphatic carbocycles. The minimum atomic E-state index is 0.269. The van der Waals surface area contributed by atoms with E-state index >= 15 is 0 Å². The molecule has 1 rings (SSSR count). The molecule has 0 fully saturated rings. The van der Waals surface area contributed by atoms with Crippen LogP contribution >= 0.6 is 0 Å². The predicted molar refractivity (Wildman–Crippen MR) is 81.0 cm³/mol.